The van der Waals surface area contributed by atoms with Crippen LogP contribution in [0.5, 0.6) is 0 Å². The number of ketones is 1. The zero-order chi connectivity index (χ0) is 20.1. The van der Waals surface area contributed by atoms with Crippen molar-refractivity contribution in [2.45, 2.75) is 52.4 Å². The number of Topliss-reactive ketones (excluding diaryl/α,β-unsaturated/α-hetero) is 1. The van der Waals surface area contributed by atoms with Crippen LogP contribution >= 0.6 is 0 Å². The van der Waals surface area contributed by atoms with Crippen LogP contribution in [0.25, 0.3) is 0 Å². The number of aryl methyl sites for hydroxylation is 1. The van der Waals surface area contributed by atoms with Gasteiger partial charge < -0.3 is 9.80 Å². The lowest BCUT2D eigenvalue weighted by Crippen LogP contribution is -2.47. The fourth-order valence-electron chi connectivity index (χ4n) is 4.32. The maximum Gasteiger partial charge on any atom is 0.225 e. The molecule has 1 aromatic rings. The van der Waals surface area contributed by atoms with Crippen molar-refractivity contribution >= 4 is 17.6 Å². The molecule has 28 heavy (non-hydrogen) atoms. The summed E-state index contributed by atoms with van der Waals surface area (Å²) in [5, 5.41) is 0. The normalized spacial score (nSPS) is 18.9. The van der Waals surface area contributed by atoms with Crippen molar-refractivity contribution in [3.05, 3.63) is 35.4 Å². The van der Waals surface area contributed by atoms with Crippen molar-refractivity contribution in [1.29, 1.82) is 0 Å². The van der Waals surface area contributed by atoms with E-state index in [4.69, 9.17) is 0 Å². The maximum absolute atomic E-state index is 12.9. The molecule has 2 aliphatic rings. The maximum atomic E-state index is 12.9. The molecule has 0 N–H and O–H groups in total. The van der Waals surface area contributed by atoms with Gasteiger partial charge in [-0.05, 0) is 39.0 Å². The Labute approximate surface area is 168 Å². The summed E-state index contributed by atoms with van der Waals surface area (Å²) in [6, 6.07) is 7.76. The van der Waals surface area contributed by atoms with Gasteiger partial charge in [-0.2, -0.15) is 0 Å². The molecule has 0 spiro atoms. The van der Waals surface area contributed by atoms with Gasteiger partial charge in [0.1, 0.15) is 0 Å². The van der Waals surface area contributed by atoms with E-state index in [2.05, 4.69) is 0 Å². The van der Waals surface area contributed by atoms with Crippen molar-refractivity contribution in [3.8, 4) is 0 Å². The average molecular weight is 385 g/mol. The number of piperidine rings is 2. The molecular weight excluding hydrogens is 352 g/mol. The van der Waals surface area contributed by atoms with Crippen LogP contribution in [-0.2, 0) is 9.59 Å². The standard InChI is InChI=1S/C23H32N2O3/c1-3-4-21(26)24-13-11-20(12-14-24)23(28)25-15-9-19(10-16-25)22(27)18-7-5-17(2)6-8-18/h5-8,19-20H,3-4,9-16H2,1-2H3. The van der Waals surface area contributed by atoms with Crippen LogP contribution in [-0.4, -0.2) is 53.6 Å². The summed E-state index contributed by atoms with van der Waals surface area (Å²) in [4.78, 5) is 41.4. The topological polar surface area (TPSA) is 57.7 Å². The number of likely N-dealkylation sites (tertiary alicyclic amines) is 2. The zero-order valence-corrected chi connectivity index (χ0v) is 17.2. The van der Waals surface area contributed by atoms with Crippen LogP contribution in [0.1, 0.15) is 61.4 Å². The Bertz CT molecular complexity index is 697. The van der Waals surface area contributed by atoms with E-state index < -0.39 is 0 Å². The summed E-state index contributed by atoms with van der Waals surface area (Å²) in [5.74, 6) is 0.665. The molecule has 2 amide bonds. The highest BCUT2D eigenvalue weighted by Gasteiger charge is 2.33. The molecule has 152 valence electrons. The molecule has 0 aromatic heterocycles. The highest BCUT2D eigenvalue weighted by molar-refractivity contribution is 5.98. The van der Waals surface area contributed by atoms with Gasteiger partial charge >= 0.3 is 0 Å². The predicted octanol–water partition coefficient (Wildman–Crippen LogP) is 3.46. The summed E-state index contributed by atoms with van der Waals surface area (Å²) in [5.41, 5.74) is 1.93. The van der Waals surface area contributed by atoms with Crippen molar-refractivity contribution in [2.24, 2.45) is 11.8 Å². The van der Waals surface area contributed by atoms with Crippen molar-refractivity contribution < 1.29 is 14.4 Å². The van der Waals surface area contributed by atoms with E-state index in [9.17, 15) is 14.4 Å². The minimum absolute atomic E-state index is 0.0141. The second-order valence-electron chi connectivity index (χ2n) is 8.23. The molecule has 0 atom stereocenters. The molecule has 2 heterocycles. The van der Waals surface area contributed by atoms with Gasteiger partial charge in [0.2, 0.25) is 11.8 Å². The quantitative estimate of drug-likeness (QED) is 0.731. The second-order valence-corrected chi connectivity index (χ2v) is 8.23. The zero-order valence-electron chi connectivity index (χ0n) is 17.2. The number of carbonyl (C=O) groups is 3. The summed E-state index contributed by atoms with van der Waals surface area (Å²) < 4.78 is 0. The fraction of sp³-hybridized carbons (Fsp3) is 0.609. The number of carbonyl (C=O) groups excluding carboxylic acids is 3. The molecular formula is C23H32N2O3. The van der Waals surface area contributed by atoms with Gasteiger partial charge in [0.05, 0.1) is 0 Å². The minimum atomic E-state index is 0.0141. The van der Waals surface area contributed by atoms with Gasteiger partial charge in [-0.3, -0.25) is 14.4 Å². The summed E-state index contributed by atoms with van der Waals surface area (Å²) in [7, 11) is 0. The Morgan fingerprint density at radius 3 is 1.96 bits per heavy atom. The molecule has 0 unspecified atom stereocenters. The number of amides is 2. The largest absolute Gasteiger partial charge is 0.343 e. The van der Waals surface area contributed by atoms with E-state index >= 15 is 0 Å². The SMILES string of the molecule is CCCC(=O)N1CCC(C(=O)N2CCC(C(=O)c3ccc(C)cc3)CC2)CC1. The first-order chi connectivity index (χ1) is 13.5. The Kier molecular flexibility index (Phi) is 6.87. The molecule has 5 nitrogen and oxygen atoms in total. The summed E-state index contributed by atoms with van der Waals surface area (Å²) in [6.45, 7) is 6.74. The Hall–Kier alpha value is -2.17. The van der Waals surface area contributed by atoms with Crippen LogP contribution in [0.4, 0.5) is 0 Å². The monoisotopic (exact) mass is 384 g/mol. The average Bonchev–Trinajstić information content (AvgIpc) is 2.74. The van der Waals surface area contributed by atoms with E-state index in [1.165, 1.54) is 0 Å². The van der Waals surface area contributed by atoms with Crippen LogP contribution in [0.15, 0.2) is 24.3 Å². The molecule has 5 heteroatoms. The lowest BCUT2D eigenvalue weighted by atomic mass is 9.87. The smallest absolute Gasteiger partial charge is 0.225 e. The Balaban J connectivity index is 1.47. The van der Waals surface area contributed by atoms with Crippen molar-refractivity contribution in [3.63, 3.8) is 0 Å². The van der Waals surface area contributed by atoms with Gasteiger partial charge in [-0.1, -0.05) is 36.8 Å². The van der Waals surface area contributed by atoms with Crippen LogP contribution in [0.2, 0.25) is 0 Å². The number of hydrogen-bond donors (Lipinski definition) is 0. The molecule has 2 fully saturated rings. The third-order valence-electron chi connectivity index (χ3n) is 6.17. The fourth-order valence-corrected chi connectivity index (χ4v) is 4.32. The molecule has 2 saturated heterocycles. The Morgan fingerprint density at radius 2 is 1.39 bits per heavy atom. The minimum Gasteiger partial charge on any atom is -0.343 e. The molecule has 2 aliphatic heterocycles. The second kappa shape index (κ2) is 9.35. The van der Waals surface area contributed by atoms with Gasteiger partial charge in [-0.15, -0.1) is 0 Å². The van der Waals surface area contributed by atoms with Gasteiger partial charge in [-0.25, -0.2) is 0 Å². The third kappa shape index (κ3) is 4.81. The molecule has 0 aliphatic carbocycles. The highest BCUT2D eigenvalue weighted by atomic mass is 16.2. The van der Waals surface area contributed by atoms with E-state index in [1.54, 1.807) is 0 Å². The molecule has 1 aromatic carbocycles. The lowest BCUT2D eigenvalue weighted by molar-refractivity contribution is -0.141. The highest BCUT2D eigenvalue weighted by Crippen LogP contribution is 2.26. The Morgan fingerprint density at radius 1 is 0.857 bits per heavy atom. The van der Waals surface area contributed by atoms with Gasteiger partial charge in [0.25, 0.3) is 0 Å². The molecule has 0 radical (unpaired) electrons. The molecule has 0 saturated carbocycles. The number of rotatable bonds is 5. The summed E-state index contributed by atoms with van der Waals surface area (Å²) in [6.07, 6.45) is 4.47. The molecule has 3 rings (SSSR count). The van der Waals surface area contributed by atoms with E-state index in [1.807, 2.05) is 47.9 Å². The van der Waals surface area contributed by atoms with E-state index in [-0.39, 0.29) is 29.4 Å². The molecule has 0 bridgehead atoms. The number of hydrogen-bond acceptors (Lipinski definition) is 3. The van der Waals surface area contributed by atoms with Crippen LogP contribution < -0.4 is 0 Å². The summed E-state index contributed by atoms with van der Waals surface area (Å²) >= 11 is 0. The predicted molar refractivity (Wildman–Crippen MR) is 109 cm³/mol. The van der Waals surface area contributed by atoms with Crippen LogP contribution in [0, 0.1) is 18.8 Å². The van der Waals surface area contributed by atoms with E-state index in [0.717, 1.165) is 43.2 Å². The lowest BCUT2D eigenvalue weighted by Gasteiger charge is -2.37. The third-order valence-corrected chi connectivity index (χ3v) is 6.17. The van der Waals surface area contributed by atoms with E-state index in [0.29, 0.717) is 32.6 Å². The number of nitrogens with zero attached hydrogens (tertiary/aromatic N) is 2. The first kappa shape index (κ1) is 20.6. The van der Waals surface area contributed by atoms with Crippen LogP contribution in [0.3, 0.4) is 0 Å². The van der Waals surface area contributed by atoms with Gasteiger partial charge in [0, 0.05) is 50.0 Å². The number of benzene rings is 1. The van der Waals surface area contributed by atoms with Crippen molar-refractivity contribution in [2.75, 3.05) is 26.2 Å². The first-order valence-corrected chi connectivity index (χ1v) is 10.7. The van der Waals surface area contributed by atoms with Gasteiger partial charge in [0.15, 0.2) is 5.78 Å². The first-order valence-electron chi connectivity index (χ1n) is 10.7. The van der Waals surface area contributed by atoms with Crippen molar-refractivity contribution in [1.82, 2.24) is 9.80 Å².